The smallest absolute Gasteiger partial charge is 0.263 e. The Morgan fingerprint density at radius 1 is 1.10 bits per heavy atom. The molecule has 0 saturated heterocycles. The zero-order chi connectivity index (χ0) is 28.2. The lowest BCUT2D eigenvalue weighted by Crippen LogP contribution is -2.29. The molecule has 8 nitrogen and oxygen atoms in total. The quantitative estimate of drug-likeness (QED) is 0.252. The van der Waals surface area contributed by atoms with Crippen LogP contribution >= 0.6 is 0 Å². The molecule has 0 aliphatic rings. The van der Waals surface area contributed by atoms with E-state index >= 15 is 0 Å². The van der Waals surface area contributed by atoms with Crippen LogP contribution in [0.3, 0.4) is 0 Å². The highest BCUT2D eigenvalue weighted by molar-refractivity contribution is 7.90. The molecule has 0 aliphatic heterocycles. The number of nitriles is 1. The lowest BCUT2D eigenvalue weighted by molar-refractivity contribution is 0.400. The van der Waals surface area contributed by atoms with Crippen LogP contribution in [-0.4, -0.2) is 40.1 Å². The van der Waals surface area contributed by atoms with Gasteiger partial charge in [0.25, 0.3) is 10.0 Å². The summed E-state index contributed by atoms with van der Waals surface area (Å²) in [6.45, 7) is 3.31. The summed E-state index contributed by atoms with van der Waals surface area (Å²) in [5, 5.41) is 11.1. The van der Waals surface area contributed by atoms with E-state index < -0.39 is 21.7 Å². The second-order valence-corrected chi connectivity index (χ2v) is 9.79. The summed E-state index contributed by atoms with van der Waals surface area (Å²) in [5.41, 5.74) is 1.27. The lowest BCUT2D eigenvalue weighted by atomic mass is 9.96. The van der Waals surface area contributed by atoms with Gasteiger partial charge in [0.05, 0.1) is 23.3 Å². The highest BCUT2D eigenvalue weighted by Crippen LogP contribution is 2.38. The van der Waals surface area contributed by atoms with Crippen molar-refractivity contribution in [3.05, 3.63) is 90.1 Å². The minimum Gasteiger partial charge on any atom is -0.481 e. The number of sulfonamides is 1. The largest absolute Gasteiger partial charge is 0.481 e. The molecule has 1 N–H and O–H groups in total. The summed E-state index contributed by atoms with van der Waals surface area (Å²) in [5.74, 6) is -1.42. The van der Waals surface area contributed by atoms with Crippen molar-refractivity contribution in [2.45, 2.75) is 4.90 Å². The predicted molar refractivity (Wildman–Crippen MR) is 146 cm³/mol. The first-order chi connectivity index (χ1) is 18.7. The molecular weight excluding hydrogens is 524 g/mol. The van der Waals surface area contributed by atoms with E-state index in [1.807, 2.05) is 6.07 Å². The number of ether oxygens (including phenoxy) is 1. The second-order valence-electron chi connectivity index (χ2n) is 8.11. The molecule has 0 saturated carbocycles. The molecule has 0 bridgehead atoms. The summed E-state index contributed by atoms with van der Waals surface area (Å²) < 4.78 is 61.6. The number of hydrogen-bond acceptors (Lipinski definition) is 7. The fraction of sp³-hybridized carbons (Fsp3) is 0.0714. The number of hydrogen-bond donors (Lipinski definition) is 1. The molecule has 1 aromatic heterocycles. The maximum absolute atomic E-state index is 13.9. The molecule has 196 valence electrons. The standard InChI is InChI=1S/C28H21F2N5O3S/c1-32-10-9-26(33-2)35-39(36,37)22-7-8-23-17(13-22)5-4-6-24(23)25-14-19(16-31)27(34-28(25)38-3)18-11-20(29)15-21(30)12-18/h4-15H,1H2,2-3H3,(H,33,35)/b10-9-. The Morgan fingerprint density at radius 2 is 1.85 bits per heavy atom. The fourth-order valence-corrected chi connectivity index (χ4v) is 5.06. The Morgan fingerprint density at radius 3 is 2.49 bits per heavy atom. The van der Waals surface area contributed by atoms with Gasteiger partial charge in [-0.25, -0.2) is 22.2 Å². The lowest BCUT2D eigenvalue weighted by Gasteiger charge is -2.15. The van der Waals surface area contributed by atoms with Gasteiger partial charge in [-0.2, -0.15) is 5.26 Å². The SMILES string of the molecule is C=N/C=C\C(=N/C)NS(=O)(=O)c1ccc2c(-c3cc(C#N)c(-c4cc(F)cc(F)c4)nc3OC)cccc2c1. The van der Waals surface area contributed by atoms with Gasteiger partial charge in [0.1, 0.15) is 23.5 Å². The summed E-state index contributed by atoms with van der Waals surface area (Å²) in [6.07, 6.45) is 2.68. The zero-order valence-corrected chi connectivity index (χ0v) is 21.6. The maximum Gasteiger partial charge on any atom is 0.263 e. The minimum atomic E-state index is -3.97. The van der Waals surface area contributed by atoms with Crippen molar-refractivity contribution in [1.29, 1.82) is 5.26 Å². The van der Waals surface area contributed by atoms with E-state index in [9.17, 15) is 22.5 Å². The van der Waals surface area contributed by atoms with Crippen LogP contribution < -0.4 is 9.46 Å². The average molecular weight is 546 g/mol. The van der Waals surface area contributed by atoms with E-state index in [0.29, 0.717) is 21.9 Å². The third kappa shape index (κ3) is 5.66. The molecule has 0 spiro atoms. The van der Waals surface area contributed by atoms with Crippen molar-refractivity contribution in [3.63, 3.8) is 0 Å². The Kier molecular flexibility index (Phi) is 7.78. The zero-order valence-electron chi connectivity index (χ0n) is 20.8. The number of nitrogens with one attached hydrogen (secondary N) is 1. The molecule has 1 heterocycles. The Balaban J connectivity index is 1.83. The molecule has 3 aromatic carbocycles. The summed E-state index contributed by atoms with van der Waals surface area (Å²) in [6, 6.07) is 16.2. The molecular formula is C28H21F2N5O3S. The maximum atomic E-state index is 13.9. The number of methoxy groups -OCH3 is 1. The van der Waals surface area contributed by atoms with E-state index in [0.717, 1.165) is 18.2 Å². The number of halogens is 2. The van der Waals surface area contributed by atoms with Gasteiger partial charge in [0.15, 0.2) is 0 Å². The van der Waals surface area contributed by atoms with Gasteiger partial charge in [-0.05, 0) is 59.5 Å². The molecule has 0 atom stereocenters. The Labute approximate surface area is 223 Å². The Bertz CT molecular complexity index is 1790. The van der Waals surface area contributed by atoms with Crippen molar-refractivity contribution in [2.24, 2.45) is 9.98 Å². The molecule has 4 rings (SSSR count). The van der Waals surface area contributed by atoms with Crippen molar-refractivity contribution in [1.82, 2.24) is 9.71 Å². The summed E-state index contributed by atoms with van der Waals surface area (Å²) in [7, 11) is -1.15. The van der Waals surface area contributed by atoms with Crippen LogP contribution in [0.1, 0.15) is 5.56 Å². The van der Waals surface area contributed by atoms with Crippen molar-refractivity contribution >= 4 is 33.3 Å². The van der Waals surface area contributed by atoms with Gasteiger partial charge in [0, 0.05) is 30.4 Å². The highest BCUT2D eigenvalue weighted by atomic mass is 32.2. The van der Waals surface area contributed by atoms with E-state index in [4.69, 9.17) is 4.74 Å². The van der Waals surface area contributed by atoms with Crippen LogP contribution in [0.2, 0.25) is 0 Å². The molecule has 0 fully saturated rings. The molecule has 0 amide bonds. The second kappa shape index (κ2) is 11.2. The van der Waals surface area contributed by atoms with Crippen LogP contribution in [0.4, 0.5) is 8.78 Å². The number of rotatable bonds is 7. The number of pyridine rings is 1. The van der Waals surface area contributed by atoms with E-state index in [2.05, 4.69) is 26.4 Å². The number of aromatic nitrogens is 1. The molecule has 4 aromatic rings. The number of benzene rings is 3. The first-order valence-electron chi connectivity index (χ1n) is 11.3. The van der Waals surface area contributed by atoms with Gasteiger partial charge >= 0.3 is 0 Å². The normalized spacial score (nSPS) is 11.9. The van der Waals surface area contributed by atoms with E-state index in [-0.39, 0.29) is 33.4 Å². The van der Waals surface area contributed by atoms with Gasteiger partial charge in [0.2, 0.25) is 5.88 Å². The Hall–Kier alpha value is -4.95. The first-order valence-corrected chi connectivity index (χ1v) is 12.8. The number of amidine groups is 1. The molecule has 0 aliphatic carbocycles. The van der Waals surface area contributed by atoms with Crippen molar-refractivity contribution in [3.8, 4) is 34.3 Å². The van der Waals surface area contributed by atoms with Gasteiger partial charge in [-0.15, -0.1) is 0 Å². The van der Waals surface area contributed by atoms with Crippen LogP contribution in [0.25, 0.3) is 33.2 Å². The van der Waals surface area contributed by atoms with Crippen LogP contribution in [0.5, 0.6) is 5.88 Å². The highest BCUT2D eigenvalue weighted by Gasteiger charge is 2.20. The van der Waals surface area contributed by atoms with Gasteiger partial charge < -0.3 is 4.74 Å². The van der Waals surface area contributed by atoms with E-state index in [1.165, 1.54) is 44.6 Å². The van der Waals surface area contributed by atoms with Crippen molar-refractivity contribution < 1.29 is 21.9 Å². The molecule has 39 heavy (non-hydrogen) atoms. The van der Waals surface area contributed by atoms with Crippen LogP contribution in [0.15, 0.2) is 87.8 Å². The third-order valence-corrected chi connectivity index (χ3v) is 7.06. The molecule has 0 unspecified atom stereocenters. The number of fused-ring (bicyclic) bond motifs is 1. The minimum absolute atomic E-state index is 0.000421. The third-order valence-electron chi connectivity index (χ3n) is 5.71. The predicted octanol–water partition coefficient (Wildman–Crippen LogP) is 5.25. The number of nitrogens with zero attached hydrogens (tertiary/aromatic N) is 4. The first kappa shape index (κ1) is 27.1. The fourth-order valence-electron chi connectivity index (χ4n) is 3.98. The monoisotopic (exact) mass is 545 g/mol. The average Bonchev–Trinajstić information content (AvgIpc) is 2.93. The number of aliphatic imine (C=N–C) groups is 2. The molecule has 0 radical (unpaired) electrons. The molecule has 11 heteroatoms. The van der Waals surface area contributed by atoms with Gasteiger partial charge in [-0.3, -0.25) is 14.7 Å². The summed E-state index contributed by atoms with van der Waals surface area (Å²) in [4.78, 5) is 11.8. The summed E-state index contributed by atoms with van der Waals surface area (Å²) >= 11 is 0. The van der Waals surface area contributed by atoms with E-state index in [1.54, 1.807) is 24.3 Å². The van der Waals surface area contributed by atoms with Crippen LogP contribution in [0, 0.1) is 23.0 Å². The van der Waals surface area contributed by atoms with Crippen molar-refractivity contribution in [2.75, 3.05) is 14.2 Å². The van der Waals surface area contributed by atoms with Gasteiger partial charge in [-0.1, -0.05) is 24.3 Å². The topological polar surface area (TPSA) is 117 Å². The van der Waals surface area contributed by atoms with Crippen LogP contribution in [-0.2, 0) is 10.0 Å².